The normalized spacial score (nSPS) is 17.4. The van der Waals surface area contributed by atoms with Crippen LogP contribution in [0.3, 0.4) is 0 Å². The smallest absolute Gasteiger partial charge is 0.254 e. The molecule has 1 saturated heterocycles. The number of hydrogen-bond donors (Lipinski definition) is 0. The molecule has 1 atom stereocenters. The molecule has 3 heterocycles. The largest absolute Gasteiger partial charge is 0.325 e. The zero-order chi connectivity index (χ0) is 18.6. The summed E-state index contributed by atoms with van der Waals surface area (Å²) in [4.78, 5) is 35.0. The van der Waals surface area contributed by atoms with Gasteiger partial charge in [-0.05, 0) is 36.1 Å². The molecule has 4 rings (SSSR count). The van der Waals surface area contributed by atoms with E-state index in [9.17, 15) is 9.59 Å². The zero-order valence-electron chi connectivity index (χ0n) is 14.7. The molecule has 1 unspecified atom stereocenters. The summed E-state index contributed by atoms with van der Waals surface area (Å²) in [6.45, 7) is 0.567. The number of carbonyl (C=O) groups excluding carboxylic acids is 2. The Morgan fingerprint density at radius 3 is 2.59 bits per heavy atom. The third-order valence-corrected chi connectivity index (χ3v) is 5.61. The molecular weight excluding hydrogens is 358 g/mol. The molecule has 0 saturated carbocycles. The van der Waals surface area contributed by atoms with Gasteiger partial charge in [-0.2, -0.15) is 0 Å². The SMILES string of the molecule is O=C1C(c2cccnc2)N(CCc2cccs2)C(=O)CN1c1ccccc1. The minimum Gasteiger partial charge on any atom is -0.325 e. The lowest BCUT2D eigenvalue weighted by Gasteiger charge is -2.40. The van der Waals surface area contributed by atoms with Crippen molar-refractivity contribution in [2.45, 2.75) is 12.5 Å². The van der Waals surface area contributed by atoms with Crippen LogP contribution >= 0.6 is 11.3 Å². The fourth-order valence-corrected chi connectivity index (χ4v) is 4.05. The molecule has 0 N–H and O–H groups in total. The third-order valence-electron chi connectivity index (χ3n) is 4.67. The Bertz CT molecular complexity index is 913. The van der Waals surface area contributed by atoms with Crippen molar-refractivity contribution in [1.82, 2.24) is 9.88 Å². The van der Waals surface area contributed by atoms with Crippen molar-refractivity contribution in [3.63, 3.8) is 0 Å². The van der Waals surface area contributed by atoms with Gasteiger partial charge in [0.05, 0.1) is 0 Å². The number of benzene rings is 1. The number of rotatable bonds is 5. The number of aromatic nitrogens is 1. The van der Waals surface area contributed by atoms with Crippen LogP contribution in [0.5, 0.6) is 0 Å². The molecule has 0 radical (unpaired) electrons. The maximum atomic E-state index is 13.4. The summed E-state index contributed by atoms with van der Waals surface area (Å²) in [6.07, 6.45) is 4.07. The molecule has 0 spiro atoms. The number of amides is 2. The molecule has 6 heteroatoms. The quantitative estimate of drug-likeness (QED) is 0.686. The number of anilines is 1. The highest BCUT2D eigenvalue weighted by atomic mass is 32.1. The standard InChI is InChI=1S/C21H19N3O2S/c25-19-15-24(17-7-2-1-3-8-17)21(26)20(16-6-4-11-22-14-16)23(19)12-10-18-9-5-13-27-18/h1-9,11,13-14,20H,10,12,15H2. The number of carbonyl (C=O) groups is 2. The average molecular weight is 377 g/mol. The van der Waals surface area contributed by atoms with Crippen LogP contribution in [0, 0.1) is 0 Å². The summed E-state index contributed by atoms with van der Waals surface area (Å²) < 4.78 is 0. The van der Waals surface area contributed by atoms with Gasteiger partial charge >= 0.3 is 0 Å². The lowest BCUT2D eigenvalue weighted by molar-refractivity contribution is -0.143. The van der Waals surface area contributed by atoms with Gasteiger partial charge in [-0.1, -0.05) is 30.3 Å². The van der Waals surface area contributed by atoms with E-state index in [1.807, 2.05) is 47.8 Å². The fourth-order valence-electron chi connectivity index (χ4n) is 3.35. The lowest BCUT2D eigenvalue weighted by atomic mass is 10.0. The predicted molar refractivity (Wildman–Crippen MR) is 106 cm³/mol. The molecule has 5 nitrogen and oxygen atoms in total. The highest BCUT2D eigenvalue weighted by molar-refractivity contribution is 7.09. The van der Waals surface area contributed by atoms with E-state index in [1.165, 1.54) is 4.88 Å². The molecule has 1 aliphatic rings. The van der Waals surface area contributed by atoms with Crippen LogP contribution in [0.4, 0.5) is 5.69 Å². The van der Waals surface area contributed by atoms with Crippen molar-refractivity contribution in [3.05, 3.63) is 82.8 Å². The van der Waals surface area contributed by atoms with Crippen molar-refractivity contribution < 1.29 is 9.59 Å². The van der Waals surface area contributed by atoms with Crippen LogP contribution < -0.4 is 4.90 Å². The first-order valence-electron chi connectivity index (χ1n) is 8.82. The van der Waals surface area contributed by atoms with Crippen LogP contribution in [0.15, 0.2) is 72.4 Å². The molecule has 136 valence electrons. The molecule has 2 aromatic heterocycles. The van der Waals surface area contributed by atoms with Gasteiger partial charge in [-0.3, -0.25) is 14.6 Å². The van der Waals surface area contributed by atoms with Gasteiger partial charge in [0.15, 0.2) is 0 Å². The van der Waals surface area contributed by atoms with Gasteiger partial charge in [0.25, 0.3) is 5.91 Å². The highest BCUT2D eigenvalue weighted by Gasteiger charge is 2.40. The molecule has 3 aromatic rings. The van der Waals surface area contributed by atoms with Crippen LogP contribution in [-0.4, -0.2) is 34.8 Å². The second kappa shape index (κ2) is 7.72. The van der Waals surface area contributed by atoms with Crippen molar-refractivity contribution in [2.75, 3.05) is 18.0 Å². The first kappa shape index (κ1) is 17.4. The first-order valence-corrected chi connectivity index (χ1v) is 9.70. The molecule has 1 aromatic carbocycles. The second-order valence-corrected chi connectivity index (χ2v) is 7.40. The minimum atomic E-state index is -0.653. The Balaban J connectivity index is 1.66. The van der Waals surface area contributed by atoms with Gasteiger partial charge in [0.1, 0.15) is 12.6 Å². The summed E-state index contributed by atoms with van der Waals surface area (Å²) in [7, 11) is 0. The Morgan fingerprint density at radius 2 is 1.89 bits per heavy atom. The van der Waals surface area contributed by atoms with Gasteiger partial charge in [0.2, 0.25) is 5.91 Å². The van der Waals surface area contributed by atoms with Crippen LogP contribution in [0.2, 0.25) is 0 Å². The molecular formula is C21H19N3O2S. The van der Waals surface area contributed by atoms with E-state index in [2.05, 4.69) is 11.1 Å². The van der Waals surface area contributed by atoms with Gasteiger partial charge in [0, 0.05) is 35.1 Å². The van der Waals surface area contributed by atoms with E-state index in [4.69, 9.17) is 0 Å². The summed E-state index contributed by atoms with van der Waals surface area (Å²) in [5.74, 6) is -0.149. The molecule has 2 amide bonds. The molecule has 0 aliphatic carbocycles. The molecule has 1 fully saturated rings. The molecule has 1 aliphatic heterocycles. The zero-order valence-corrected chi connectivity index (χ0v) is 15.5. The predicted octanol–water partition coefficient (Wildman–Crippen LogP) is 3.30. The Hall–Kier alpha value is -2.99. The van der Waals surface area contributed by atoms with E-state index in [0.29, 0.717) is 6.54 Å². The molecule has 27 heavy (non-hydrogen) atoms. The monoisotopic (exact) mass is 377 g/mol. The third kappa shape index (κ3) is 3.61. The number of para-hydroxylation sites is 1. The van der Waals surface area contributed by atoms with E-state index < -0.39 is 6.04 Å². The Labute approximate surface area is 161 Å². The van der Waals surface area contributed by atoms with E-state index in [-0.39, 0.29) is 18.4 Å². The summed E-state index contributed by atoms with van der Waals surface area (Å²) in [6, 6.07) is 16.4. The highest BCUT2D eigenvalue weighted by Crippen LogP contribution is 2.30. The number of thiophene rings is 1. The lowest BCUT2D eigenvalue weighted by Crippen LogP contribution is -2.56. The fraction of sp³-hybridized carbons (Fsp3) is 0.190. The maximum Gasteiger partial charge on any atom is 0.254 e. The van der Waals surface area contributed by atoms with Crippen LogP contribution in [-0.2, 0) is 16.0 Å². The second-order valence-electron chi connectivity index (χ2n) is 6.37. The Kier molecular flexibility index (Phi) is 4.98. The number of pyridine rings is 1. The summed E-state index contributed by atoms with van der Waals surface area (Å²) >= 11 is 1.66. The average Bonchev–Trinajstić information content (AvgIpc) is 3.23. The van der Waals surface area contributed by atoms with Crippen molar-refractivity contribution in [3.8, 4) is 0 Å². The number of nitrogens with zero attached hydrogens (tertiary/aromatic N) is 3. The van der Waals surface area contributed by atoms with Gasteiger partial charge < -0.3 is 9.80 Å². The number of hydrogen-bond acceptors (Lipinski definition) is 4. The van der Waals surface area contributed by atoms with Crippen molar-refractivity contribution >= 4 is 28.8 Å². The Morgan fingerprint density at radius 1 is 1.04 bits per heavy atom. The maximum absolute atomic E-state index is 13.4. The molecule has 0 bridgehead atoms. The van der Waals surface area contributed by atoms with E-state index in [1.54, 1.807) is 39.6 Å². The summed E-state index contributed by atoms with van der Waals surface area (Å²) in [5.41, 5.74) is 1.48. The van der Waals surface area contributed by atoms with Gasteiger partial charge in [-0.25, -0.2) is 0 Å². The van der Waals surface area contributed by atoms with E-state index in [0.717, 1.165) is 17.7 Å². The van der Waals surface area contributed by atoms with Crippen molar-refractivity contribution in [2.24, 2.45) is 0 Å². The first-order chi connectivity index (χ1) is 13.2. The minimum absolute atomic E-state index is 0.0520. The van der Waals surface area contributed by atoms with Gasteiger partial charge in [-0.15, -0.1) is 11.3 Å². The van der Waals surface area contributed by atoms with E-state index >= 15 is 0 Å². The topological polar surface area (TPSA) is 53.5 Å². The van der Waals surface area contributed by atoms with Crippen LogP contribution in [0.25, 0.3) is 0 Å². The summed E-state index contributed by atoms with van der Waals surface area (Å²) in [5, 5.41) is 2.02. The number of piperazine rings is 1. The van der Waals surface area contributed by atoms with Crippen LogP contribution in [0.1, 0.15) is 16.5 Å². The van der Waals surface area contributed by atoms with Crippen molar-refractivity contribution in [1.29, 1.82) is 0 Å².